The van der Waals surface area contributed by atoms with Crippen LogP contribution >= 0.6 is 0 Å². The Bertz CT molecular complexity index is 836. The summed E-state index contributed by atoms with van der Waals surface area (Å²) >= 11 is 0. The van der Waals surface area contributed by atoms with E-state index in [0.29, 0.717) is 13.2 Å². The van der Waals surface area contributed by atoms with Crippen molar-refractivity contribution in [2.75, 3.05) is 48.0 Å². The molecule has 2 aromatic carbocycles. The molecule has 1 unspecified atom stereocenters. The minimum Gasteiger partial charge on any atom is -0.497 e. The van der Waals surface area contributed by atoms with E-state index in [1.54, 1.807) is 14.2 Å². The highest BCUT2D eigenvalue weighted by molar-refractivity contribution is 5.42. The molecule has 2 aromatic rings. The van der Waals surface area contributed by atoms with E-state index >= 15 is 0 Å². The van der Waals surface area contributed by atoms with Crippen molar-refractivity contribution in [2.45, 2.75) is 25.6 Å². The molecule has 1 aliphatic heterocycles. The molecule has 1 N–H and O–H groups in total. The SMILES string of the molecule is COc1ccc(CN2CCOc3ccc(C(C)(O)CN(C)C)cc3C2)c(OC)c1. The third kappa shape index (κ3) is 5.21. The molecule has 0 saturated heterocycles. The van der Waals surface area contributed by atoms with Crippen molar-refractivity contribution in [1.82, 2.24) is 9.80 Å². The van der Waals surface area contributed by atoms with Crippen LogP contribution in [0.2, 0.25) is 0 Å². The fourth-order valence-electron chi connectivity index (χ4n) is 3.85. The molecule has 0 bridgehead atoms. The molecule has 29 heavy (non-hydrogen) atoms. The number of benzene rings is 2. The highest BCUT2D eigenvalue weighted by Crippen LogP contribution is 2.31. The van der Waals surface area contributed by atoms with E-state index in [-0.39, 0.29) is 0 Å². The highest BCUT2D eigenvalue weighted by Gasteiger charge is 2.26. The van der Waals surface area contributed by atoms with Crippen molar-refractivity contribution in [1.29, 1.82) is 0 Å². The maximum atomic E-state index is 10.9. The third-order valence-electron chi connectivity index (χ3n) is 5.25. The summed E-state index contributed by atoms with van der Waals surface area (Å²) in [4.78, 5) is 4.32. The predicted octanol–water partition coefficient (Wildman–Crippen LogP) is 2.87. The van der Waals surface area contributed by atoms with Gasteiger partial charge in [0.05, 0.1) is 19.8 Å². The van der Waals surface area contributed by atoms with Crippen LogP contribution < -0.4 is 14.2 Å². The largest absolute Gasteiger partial charge is 0.497 e. The quantitative estimate of drug-likeness (QED) is 0.771. The van der Waals surface area contributed by atoms with Crippen LogP contribution in [0, 0.1) is 0 Å². The monoisotopic (exact) mass is 400 g/mol. The van der Waals surface area contributed by atoms with Gasteiger partial charge in [0.1, 0.15) is 23.9 Å². The van der Waals surface area contributed by atoms with Gasteiger partial charge in [0.25, 0.3) is 0 Å². The molecule has 0 aliphatic carbocycles. The summed E-state index contributed by atoms with van der Waals surface area (Å²) in [6.45, 7) is 5.34. The minimum atomic E-state index is -0.922. The number of fused-ring (bicyclic) bond motifs is 1. The Labute approximate surface area is 173 Å². The Morgan fingerprint density at radius 3 is 2.62 bits per heavy atom. The topological polar surface area (TPSA) is 54.4 Å². The van der Waals surface area contributed by atoms with E-state index in [0.717, 1.165) is 53.6 Å². The average Bonchev–Trinajstić information content (AvgIpc) is 2.88. The highest BCUT2D eigenvalue weighted by atomic mass is 16.5. The van der Waals surface area contributed by atoms with Gasteiger partial charge in [-0.3, -0.25) is 4.90 Å². The Morgan fingerprint density at radius 2 is 1.93 bits per heavy atom. The molecule has 0 saturated carbocycles. The average molecular weight is 401 g/mol. The first-order chi connectivity index (χ1) is 13.8. The van der Waals surface area contributed by atoms with Crippen LogP contribution in [0.1, 0.15) is 23.6 Å². The number of nitrogens with zero attached hydrogens (tertiary/aromatic N) is 2. The first-order valence-corrected chi connectivity index (χ1v) is 9.89. The molecule has 1 heterocycles. The zero-order chi connectivity index (χ0) is 21.0. The van der Waals surface area contributed by atoms with Crippen molar-refractivity contribution in [3.8, 4) is 17.2 Å². The Balaban J connectivity index is 1.82. The molecular formula is C23H32N2O4. The van der Waals surface area contributed by atoms with Crippen molar-refractivity contribution in [3.63, 3.8) is 0 Å². The molecular weight excluding hydrogens is 368 g/mol. The number of rotatable bonds is 7. The van der Waals surface area contributed by atoms with Crippen LogP contribution in [0.4, 0.5) is 0 Å². The van der Waals surface area contributed by atoms with Crippen LogP contribution in [0.25, 0.3) is 0 Å². The number of hydrogen-bond acceptors (Lipinski definition) is 6. The summed E-state index contributed by atoms with van der Waals surface area (Å²) in [5.74, 6) is 2.49. The standard InChI is InChI=1S/C23H32N2O4/c1-23(26,16-24(2)3)19-7-9-21-18(12-19)15-25(10-11-29-21)14-17-6-8-20(27-4)13-22(17)28-5/h6-9,12-13,26H,10-11,14-16H2,1-5H3. The lowest BCUT2D eigenvalue weighted by molar-refractivity contribution is 0.0299. The number of aliphatic hydroxyl groups is 1. The molecule has 6 heteroatoms. The second-order valence-electron chi connectivity index (χ2n) is 8.07. The van der Waals surface area contributed by atoms with E-state index < -0.39 is 5.60 Å². The fraction of sp³-hybridized carbons (Fsp3) is 0.478. The molecule has 0 spiro atoms. The Morgan fingerprint density at radius 1 is 1.14 bits per heavy atom. The molecule has 0 fully saturated rings. The van der Waals surface area contributed by atoms with E-state index in [1.807, 2.05) is 56.3 Å². The van der Waals surface area contributed by atoms with E-state index in [1.165, 1.54) is 0 Å². The summed E-state index contributed by atoms with van der Waals surface area (Å²) in [6.07, 6.45) is 0. The van der Waals surface area contributed by atoms with Gasteiger partial charge in [0.15, 0.2) is 0 Å². The molecule has 158 valence electrons. The minimum absolute atomic E-state index is 0.555. The van der Waals surface area contributed by atoms with Gasteiger partial charge in [-0.15, -0.1) is 0 Å². The molecule has 1 aliphatic rings. The molecule has 0 radical (unpaired) electrons. The lowest BCUT2D eigenvalue weighted by atomic mass is 9.93. The molecule has 0 amide bonds. The Hall–Kier alpha value is -2.28. The zero-order valence-corrected chi connectivity index (χ0v) is 18.1. The summed E-state index contributed by atoms with van der Waals surface area (Å²) < 4.78 is 16.8. The summed E-state index contributed by atoms with van der Waals surface area (Å²) in [5.41, 5.74) is 2.17. The Kier molecular flexibility index (Phi) is 6.67. The first-order valence-electron chi connectivity index (χ1n) is 9.89. The van der Waals surface area contributed by atoms with Gasteiger partial charge in [-0.2, -0.15) is 0 Å². The lowest BCUT2D eigenvalue weighted by Crippen LogP contribution is -2.34. The normalized spacial score (nSPS) is 16.5. The van der Waals surface area contributed by atoms with Crippen LogP contribution in [0.3, 0.4) is 0 Å². The van der Waals surface area contributed by atoms with Crippen molar-refractivity contribution < 1.29 is 19.3 Å². The molecule has 6 nitrogen and oxygen atoms in total. The van der Waals surface area contributed by atoms with Crippen molar-refractivity contribution in [2.24, 2.45) is 0 Å². The van der Waals surface area contributed by atoms with Gasteiger partial charge >= 0.3 is 0 Å². The van der Waals surface area contributed by atoms with Gasteiger partial charge in [-0.1, -0.05) is 12.1 Å². The second kappa shape index (κ2) is 9.03. The molecule has 3 rings (SSSR count). The summed E-state index contributed by atoms with van der Waals surface area (Å²) in [7, 11) is 7.26. The zero-order valence-electron chi connectivity index (χ0n) is 18.1. The number of hydrogen-bond donors (Lipinski definition) is 1. The van der Waals surface area contributed by atoms with Gasteiger partial charge in [0.2, 0.25) is 0 Å². The number of likely N-dealkylation sites (N-methyl/N-ethyl adjacent to an activating group) is 1. The van der Waals surface area contributed by atoms with Crippen molar-refractivity contribution in [3.05, 3.63) is 53.1 Å². The molecule has 1 atom stereocenters. The van der Waals surface area contributed by atoms with E-state index in [2.05, 4.69) is 11.0 Å². The maximum Gasteiger partial charge on any atom is 0.127 e. The summed E-state index contributed by atoms with van der Waals surface area (Å²) in [5, 5.41) is 10.9. The van der Waals surface area contributed by atoms with Gasteiger partial charge in [-0.05, 0) is 44.8 Å². The lowest BCUT2D eigenvalue weighted by Gasteiger charge is -2.28. The smallest absolute Gasteiger partial charge is 0.127 e. The maximum absolute atomic E-state index is 10.9. The van der Waals surface area contributed by atoms with Gasteiger partial charge in [0, 0.05) is 43.4 Å². The van der Waals surface area contributed by atoms with E-state index in [9.17, 15) is 5.11 Å². The van der Waals surface area contributed by atoms with Crippen molar-refractivity contribution >= 4 is 0 Å². The number of ether oxygens (including phenoxy) is 3. The second-order valence-corrected chi connectivity index (χ2v) is 8.07. The fourth-order valence-corrected chi connectivity index (χ4v) is 3.85. The molecule has 0 aromatic heterocycles. The van der Waals surface area contributed by atoms with Gasteiger partial charge < -0.3 is 24.2 Å². The summed E-state index contributed by atoms with van der Waals surface area (Å²) in [6, 6.07) is 11.9. The van der Waals surface area contributed by atoms with E-state index in [4.69, 9.17) is 14.2 Å². The first kappa shape index (κ1) is 21.4. The van der Waals surface area contributed by atoms with Crippen LogP contribution in [0.5, 0.6) is 17.2 Å². The van der Waals surface area contributed by atoms with Crippen LogP contribution in [-0.4, -0.2) is 62.9 Å². The number of methoxy groups -OCH3 is 2. The van der Waals surface area contributed by atoms with Gasteiger partial charge in [-0.25, -0.2) is 0 Å². The van der Waals surface area contributed by atoms with Crippen LogP contribution in [-0.2, 0) is 18.7 Å². The predicted molar refractivity (Wildman–Crippen MR) is 114 cm³/mol. The van der Waals surface area contributed by atoms with Crippen LogP contribution in [0.15, 0.2) is 36.4 Å². The third-order valence-corrected chi connectivity index (χ3v) is 5.25.